The summed E-state index contributed by atoms with van der Waals surface area (Å²) in [6.45, 7) is 9.77. The molecule has 0 saturated carbocycles. The lowest BCUT2D eigenvalue weighted by Gasteiger charge is -2.50. The third-order valence-corrected chi connectivity index (χ3v) is 4.64. The molecule has 2 rings (SSSR count). The molecule has 2 aliphatic rings. The first-order valence-corrected chi connectivity index (χ1v) is 7.76. The molecule has 2 fully saturated rings. The van der Waals surface area contributed by atoms with Crippen LogP contribution in [-0.2, 0) is 14.3 Å². The molecule has 122 valence electrons. The zero-order chi connectivity index (χ0) is 16.7. The van der Waals surface area contributed by atoms with Gasteiger partial charge in [0.1, 0.15) is 5.54 Å². The molecular formula is C17H26N2O3. The number of methoxy groups -OCH3 is 1. The Labute approximate surface area is 132 Å². The van der Waals surface area contributed by atoms with Gasteiger partial charge < -0.3 is 14.4 Å². The summed E-state index contributed by atoms with van der Waals surface area (Å²) >= 11 is 0. The van der Waals surface area contributed by atoms with Crippen molar-refractivity contribution in [2.24, 2.45) is 0 Å². The van der Waals surface area contributed by atoms with Crippen molar-refractivity contribution in [3.8, 4) is 6.07 Å². The maximum Gasteiger partial charge on any atom is 0.256 e. The maximum atomic E-state index is 12.2. The molecule has 0 aromatic carbocycles. The van der Waals surface area contributed by atoms with Crippen LogP contribution in [0.3, 0.4) is 0 Å². The Morgan fingerprint density at radius 3 is 2.59 bits per heavy atom. The van der Waals surface area contributed by atoms with Crippen LogP contribution in [0.5, 0.6) is 0 Å². The van der Waals surface area contributed by atoms with Gasteiger partial charge in [0, 0.05) is 7.11 Å². The number of ether oxygens (including phenoxy) is 2. The Morgan fingerprint density at radius 2 is 2.14 bits per heavy atom. The predicted octanol–water partition coefficient (Wildman–Crippen LogP) is 2.42. The molecule has 2 heterocycles. The second-order valence-corrected chi connectivity index (χ2v) is 7.29. The molecule has 0 aromatic heterocycles. The molecule has 0 aliphatic carbocycles. The van der Waals surface area contributed by atoms with Gasteiger partial charge in [-0.1, -0.05) is 11.6 Å². The van der Waals surface area contributed by atoms with Crippen LogP contribution in [0.2, 0.25) is 0 Å². The van der Waals surface area contributed by atoms with Gasteiger partial charge >= 0.3 is 0 Å². The number of nitriles is 1. The van der Waals surface area contributed by atoms with Gasteiger partial charge in [-0.3, -0.25) is 4.79 Å². The van der Waals surface area contributed by atoms with E-state index in [1.165, 1.54) is 12.7 Å². The molecule has 1 amide bonds. The molecule has 2 saturated heterocycles. The number of hydrogen-bond donors (Lipinski definition) is 0. The number of epoxide rings is 1. The number of rotatable bonds is 6. The monoisotopic (exact) mass is 306 g/mol. The van der Waals surface area contributed by atoms with Crippen molar-refractivity contribution in [3.05, 3.63) is 11.6 Å². The molecule has 0 radical (unpaired) electrons. The highest BCUT2D eigenvalue weighted by molar-refractivity contribution is 5.90. The zero-order valence-electron chi connectivity index (χ0n) is 14.3. The highest BCUT2D eigenvalue weighted by atomic mass is 16.6. The van der Waals surface area contributed by atoms with Crippen LogP contribution in [0.4, 0.5) is 0 Å². The molecule has 2 aliphatic heterocycles. The lowest BCUT2D eigenvalue weighted by Crippen LogP contribution is -2.70. The normalized spacial score (nSPS) is 30.8. The van der Waals surface area contributed by atoms with Gasteiger partial charge in [0.15, 0.2) is 6.10 Å². The molecule has 0 N–H and O–H groups in total. The van der Waals surface area contributed by atoms with Crippen molar-refractivity contribution < 1.29 is 14.3 Å². The van der Waals surface area contributed by atoms with Gasteiger partial charge in [-0.15, -0.1) is 0 Å². The van der Waals surface area contributed by atoms with E-state index >= 15 is 0 Å². The fraction of sp³-hybridized carbons (Fsp3) is 0.765. The van der Waals surface area contributed by atoms with Gasteiger partial charge in [0.25, 0.3) is 5.91 Å². The van der Waals surface area contributed by atoms with Crippen molar-refractivity contribution in [2.45, 2.75) is 76.9 Å². The van der Waals surface area contributed by atoms with Gasteiger partial charge in [-0.2, -0.15) is 5.26 Å². The standard InChI is InChI=1S/C17H26N2O3/c1-11(7-8-13-17(4,5)22-13)9-12-14(21-6)15(20)19(12)16(2,3)10-18/h9,12-14H,7-8H2,1-6H3/t12-,13?,14+/m1/s1. The molecule has 1 unspecified atom stereocenters. The van der Waals surface area contributed by atoms with Crippen molar-refractivity contribution in [3.63, 3.8) is 0 Å². The number of hydrogen-bond acceptors (Lipinski definition) is 4. The molecule has 22 heavy (non-hydrogen) atoms. The first-order valence-electron chi connectivity index (χ1n) is 7.76. The summed E-state index contributed by atoms with van der Waals surface area (Å²) in [5.41, 5.74) is 0.385. The molecule has 0 bridgehead atoms. The third-order valence-electron chi connectivity index (χ3n) is 4.64. The second-order valence-electron chi connectivity index (χ2n) is 7.29. The molecule has 5 nitrogen and oxygen atoms in total. The number of nitrogens with zero attached hydrogens (tertiary/aromatic N) is 2. The fourth-order valence-electron chi connectivity index (χ4n) is 3.06. The van der Waals surface area contributed by atoms with Crippen LogP contribution in [0, 0.1) is 11.3 Å². The summed E-state index contributed by atoms with van der Waals surface area (Å²) in [5.74, 6) is -0.116. The van der Waals surface area contributed by atoms with Crippen molar-refractivity contribution in [1.29, 1.82) is 5.26 Å². The van der Waals surface area contributed by atoms with Gasteiger partial charge in [-0.05, 0) is 47.5 Å². The highest BCUT2D eigenvalue weighted by Crippen LogP contribution is 2.39. The Hall–Kier alpha value is -1.38. The summed E-state index contributed by atoms with van der Waals surface area (Å²) in [6.07, 6.45) is 3.81. The minimum absolute atomic E-state index is 0.0105. The summed E-state index contributed by atoms with van der Waals surface area (Å²) in [7, 11) is 1.54. The average molecular weight is 306 g/mol. The lowest BCUT2D eigenvalue weighted by molar-refractivity contribution is -0.173. The van der Waals surface area contributed by atoms with Crippen LogP contribution in [0.25, 0.3) is 0 Å². The fourth-order valence-corrected chi connectivity index (χ4v) is 3.06. The van der Waals surface area contributed by atoms with Crippen molar-refractivity contribution >= 4 is 5.91 Å². The molecule has 0 spiro atoms. The van der Waals surface area contributed by atoms with Crippen molar-refractivity contribution in [1.82, 2.24) is 4.90 Å². The van der Waals surface area contributed by atoms with Crippen LogP contribution in [-0.4, -0.2) is 47.3 Å². The number of likely N-dealkylation sites (tertiary alicyclic amines) is 1. The van der Waals surface area contributed by atoms with Crippen LogP contribution in [0.15, 0.2) is 11.6 Å². The largest absolute Gasteiger partial charge is 0.369 e. The van der Waals surface area contributed by atoms with E-state index in [0.29, 0.717) is 6.10 Å². The van der Waals surface area contributed by atoms with E-state index in [1.807, 2.05) is 0 Å². The van der Waals surface area contributed by atoms with Crippen molar-refractivity contribution in [2.75, 3.05) is 7.11 Å². The van der Waals surface area contributed by atoms with Crippen LogP contribution >= 0.6 is 0 Å². The van der Waals surface area contributed by atoms with E-state index in [9.17, 15) is 10.1 Å². The zero-order valence-corrected chi connectivity index (χ0v) is 14.3. The smallest absolute Gasteiger partial charge is 0.256 e. The predicted molar refractivity (Wildman–Crippen MR) is 83.1 cm³/mol. The Bertz CT molecular complexity index is 531. The first kappa shape index (κ1) is 17.0. The van der Waals surface area contributed by atoms with E-state index in [4.69, 9.17) is 9.47 Å². The number of carbonyl (C=O) groups is 1. The number of amides is 1. The van der Waals surface area contributed by atoms with Gasteiger partial charge in [0.05, 0.1) is 23.8 Å². The van der Waals surface area contributed by atoms with E-state index in [1.54, 1.807) is 18.7 Å². The average Bonchev–Trinajstić information content (AvgIpc) is 3.03. The minimum Gasteiger partial charge on any atom is -0.369 e. The third kappa shape index (κ3) is 3.04. The maximum absolute atomic E-state index is 12.2. The number of carbonyl (C=O) groups excluding carboxylic acids is 1. The van der Waals surface area contributed by atoms with E-state index < -0.39 is 11.6 Å². The topological polar surface area (TPSA) is 65.9 Å². The van der Waals surface area contributed by atoms with E-state index in [-0.39, 0.29) is 17.6 Å². The minimum atomic E-state index is -0.824. The molecule has 5 heteroatoms. The number of allylic oxidation sites excluding steroid dienone is 1. The van der Waals surface area contributed by atoms with E-state index in [0.717, 1.165) is 12.8 Å². The first-order chi connectivity index (χ1) is 10.1. The summed E-state index contributed by atoms with van der Waals surface area (Å²) in [5, 5.41) is 9.28. The highest BCUT2D eigenvalue weighted by Gasteiger charge is 2.53. The van der Waals surface area contributed by atoms with Gasteiger partial charge in [0.2, 0.25) is 0 Å². The number of β-lactam (4-membered cyclic amide) rings is 1. The lowest BCUT2D eigenvalue weighted by atomic mass is 9.87. The van der Waals surface area contributed by atoms with Crippen LogP contribution in [0.1, 0.15) is 47.5 Å². The van der Waals surface area contributed by atoms with Crippen LogP contribution < -0.4 is 0 Å². The summed E-state index contributed by atoms with van der Waals surface area (Å²) in [4.78, 5) is 13.8. The van der Waals surface area contributed by atoms with Gasteiger partial charge in [-0.25, -0.2) is 0 Å². The summed E-state index contributed by atoms with van der Waals surface area (Å²) < 4.78 is 10.9. The van der Waals surface area contributed by atoms with E-state index in [2.05, 4.69) is 32.9 Å². The Morgan fingerprint density at radius 1 is 1.55 bits per heavy atom. The molecule has 3 atom stereocenters. The summed E-state index contributed by atoms with van der Waals surface area (Å²) in [6, 6.07) is 2.03. The quantitative estimate of drug-likeness (QED) is 0.429. The molecule has 0 aromatic rings. The Balaban J connectivity index is 2.02. The Kier molecular flexibility index (Phi) is 4.38. The molecular weight excluding hydrogens is 280 g/mol. The second kappa shape index (κ2) is 5.68. The SMILES string of the molecule is CO[C@@H]1C(=O)N(C(C)(C)C#N)[C@@H]1C=C(C)CCC1OC1(C)C.